The molecule has 2 aromatic heterocycles. The van der Waals surface area contributed by atoms with Gasteiger partial charge in [-0.15, -0.1) is 10.2 Å². The van der Waals surface area contributed by atoms with Gasteiger partial charge in [-0.05, 0) is 43.7 Å². The number of rotatable bonds is 8. The lowest BCUT2D eigenvalue weighted by molar-refractivity contribution is -0.112. The van der Waals surface area contributed by atoms with E-state index in [2.05, 4.69) is 27.0 Å². The third-order valence-corrected chi connectivity index (χ3v) is 5.76. The Labute approximate surface area is 162 Å². The second-order valence-corrected chi connectivity index (χ2v) is 8.25. The van der Waals surface area contributed by atoms with Gasteiger partial charge in [-0.2, -0.15) is 5.26 Å². The molecule has 8 heteroatoms. The molecular weight excluding hydrogens is 366 g/mol. The van der Waals surface area contributed by atoms with Crippen molar-refractivity contribution in [3.8, 4) is 6.07 Å². The van der Waals surface area contributed by atoms with Crippen molar-refractivity contribution in [2.75, 3.05) is 11.1 Å². The van der Waals surface area contributed by atoms with Gasteiger partial charge in [0.15, 0.2) is 4.34 Å². The summed E-state index contributed by atoms with van der Waals surface area (Å²) in [6, 6.07) is 4.00. The Hall–Kier alpha value is -2.11. The molecule has 0 fully saturated rings. The van der Waals surface area contributed by atoms with Crippen LogP contribution in [0, 0.1) is 25.2 Å². The van der Waals surface area contributed by atoms with E-state index in [0.29, 0.717) is 5.13 Å². The maximum Gasteiger partial charge on any atom is 0.268 e. The highest BCUT2D eigenvalue weighted by Gasteiger charge is 2.15. The van der Waals surface area contributed by atoms with Gasteiger partial charge in [0.05, 0.1) is 0 Å². The molecule has 2 heterocycles. The van der Waals surface area contributed by atoms with Crippen LogP contribution in [0.3, 0.4) is 0 Å². The Kier molecular flexibility index (Phi) is 7.42. The number of anilines is 1. The highest BCUT2D eigenvalue weighted by molar-refractivity contribution is 8.01. The molecule has 0 saturated heterocycles. The number of aryl methyl sites for hydroxylation is 1. The number of hydrogen-bond acceptors (Lipinski definition) is 6. The average molecular weight is 390 g/mol. The molecule has 0 saturated carbocycles. The van der Waals surface area contributed by atoms with Crippen molar-refractivity contribution in [2.45, 2.75) is 51.4 Å². The van der Waals surface area contributed by atoms with Gasteiger partial charge in [-0.3, -0.25) is 10.1 Å². The number of nitrogens with zero attached hydrogens (tertiary/aromatic N) is 4. The Morgan fingerprint density at radius 3 is 2.85 bits per heavy atom. The molecule has 2 aromatic rings. The number of nitriles is 1. The summed E-state index contributed by atoms with van der Waals surface area (Å²) in [7, 11) is 0. The van der Waals surface area contributed by atoms with E-state index in [1.165, 1.54) is 11.3 Å². The van der Waals surface area contributed by atoms with Gasteiger partial charge in [0, 0.05) is 17.9 Å². The third-order valence-electron chi connectivity index (χ3n) is 3.91. The molecule has 0 unspecified atom stereocenters. The summed E-state index contributed by atoms with van der Waals surface area (Å²) < 4.78 is 3.02. The van der Waals surface area contributed by atoms with E-state index >= 15 is 0 Å². The SMILES string of the molecule is CCCCn1c(C)cc(/C=C(\C#N)C(=O)Nc2nnc(SCC)s2)c1C. The fourth-order valence-electron chi connectivity index (χ4n) is 2.54. The second kappa shape index (κ2) is 9.55. The topological polar surface area (TPSA) is 83.6 Å². The first kappa shape index (κ1) is 20.2. The molecule has 26 heavy (non-hydrogen) atoms. The van der Waals surface area contributed by atoms with Crippen molar-refractivity contribution in [1.82, 2.24) is 14.8 Å². The molecule has 2 rings (SSSR count). The second-order valence-electron chi connectivity index (χ2n) is 5.76. The number of unbranched alkanes of at least 4 members (excludes halogenated alkanes) is 1. The lowest BCUT2D eigenvalue weighted by Crippen LogP contribution is -2.13. The zero-order valence-electron chi connectivity index (χ0n) is 15.5. The molecule has 0 aliphatic rings. The van der Waals surface area contributed by atoms with Crippen LogP contribution in [-0.2, 0) is 11.3 Å². The minimum absolute atomic E-state index is 0.0561. The van der Waals surface area contributed by atoms with Crippen molar-refractivity contribution in [3.05, 3.63) is 28.6 Å². The lowest BCUT2D eigenvalue weighted by Gasteiger charge is -2.08. The molecule has 0 aliphatic carbocycles. The van der Waals surface area contributed by atoms with Gasteiger partial charge in [0.2, 0.25) is 5.13 Å². The van der Waals surface area contributed by atoms with Gasteiger partial charge < -0.3 is 4.57 Å². The van der Waals surface area contributed by atoms with E-state index in [-0.39, 0.29) is 5.57 Å². The summed E-state index contributed by atoms with van der Waals surface area (Å²) in [6.07, 6.45) is 3.86. The Morgan fingerprint density at radius 1 is 1.42 bits per heavy atom. The van der Waals surface area contributed by atoms with E-state index in [9.17, 15) is 10.1 Å². The lowest BCUT2D eigenvalue weighted by atomic mass is 10.1. The maximum atomic E-state index is 12.4. The van der Waals surface area contributed by atoms with Crippen molar-refractivity contribution < 1.29 is 4.79 Å². The quantitative estimate of drug-likeness (QED) is 0.313. The molecule has 138 valence electrons. The van der Waals surface area contributed by atoms with Crippen molar-refractivity contribution in [3.63, 3.8) is 0 Å². The number of aromatic nitrogens is 3. The first-order valence-electron chi connectivity index (χ1n) is 8.56. The molecule has 1 N–H and O–H groups in total. The molecule has 0 atom stereocenters. The normalized spacial score (nSPS) is 11.4. The number of hydrogen-bond donors (Lipinski definition) is 1. The number of carbonyl (C=O) groups is 1. The summed E-state index contributed by atoms with van der Waals surface area (Å²) in [5.41, 5.74) is 3.14. The van der Waals surface area contributed by atoms with Crippen LogP contribution in [0.5, 0.6) is 0 Å². The van der Waals surface area contributed by atoms with Gasteiger partial charge in [-0.1, -0.05) is 43.4 Å². The largest absolute Gasteiger partial charge is 0.349 e. The third kappa shape index (κ3) is 4.96. The van der Waals surface area contributed by atoms with Gasteiger partial charge >= 0.3 is 0 Å². The molecule has 0 spiro atoms. The van der Waals surface area contributed by atoms with Gasteiger partial charge in [0.25, 0.3) is 5.91 Å². The average Bonchev–Trinajstić information content (AvgIpc) is 3.15. The molecule has 0 bridgehead atoms. The smallest absolute Gasteiger partial charge is 0.268 e. The zero-order valence-corrected chi connectivity index (χ0v) is 17.1. The maximum absolute atomic E-state index is 12.4. The van der Waals surface area contributed by atoms with Crippen LogP contribution >= 0.6 is 23.1 Å². The van der Waals surface area contributed by atoms with Crippen LogP contribution in [0.15, 0.2) is 16.0 Å². The van der Waals surface area contributed by atoms with Crippen molar-refractivity contribution >= 4 is 40.2 Å². The van der Waals surface area contributed by atoms with Gasteiger partial charge in [-0.25, -0.2) is 0 Å². The molecule has 6 nitrogen and oxygen atoms in total. The predicted octanol–water partition coefficient (Wildman–Crippen LogP) is 4.41. The van der Waals surface area contributed by atoms with Crippen LogP contribution < -0.4 is 5.32 Å². The zero-order chi connectivity index (χ0) is 19.1. The standard InChI is InChI=1S/C18H23N5OS2/c1-5-7-8-23-12(3)9-14(13(23)4)10-15(11-19)16(24)20-17-21-22-18(26-17)25-6-2/h9-10H,5-8H2,1-4H3,(H,20,21,24)/b15-10+. The number of carbonyl (C=O) groups excluding carboxylic acids is 1. The fourth-order valence-corrected chi connectivity index (χ4v) is 4.19. The minimum Gasteiger partial charge on any atom is -0.349 e. The van der Waals surface area contributed by atoms with Crippen LogP contribution in [0.25, 0.3) is 6.08 Å². The van der Waals surface area contributed by atoms with E-state index in [4.69, 9.17) is 0 Å². The van der Waals surface area contributed by atoms with Gasteiger partial charge in [0.1, 0.15) is 11.6 Å². The van der Waals surface area contributed by atoms with Crippen molar-refractivity contribution in [1.29, 1.82) is 5.26 Å². The molecule has 1 amide bonds. The van der Waals surface area contributed by atoms with E-state index in [1.54, 1.807) is 17.8 Å². The molecule has 0 aliphatic heterocycles. The number of thioether (sulfide) groups is 1. The van der Waals surface area contributed by atoms with Crippen LogP contribution in [0.1, 0.15) is 43.6 Å². The molecule has 0 aromatic carbocycles. The molecular formula is C18H23N5OS2. The van der Waals surface area contributed by atoms with E-state index in [1.807, 2.05) is 32.9 Å². The number of nitrogens with one attached hydrogen (secondary N) is 1. The Balaban J connectivity index is 2.18. The Morgan fingerprint density at radius 2 is 2.19 bits per heavy atom. The first-order chi connectivity index (χ1) is 12.5. The minimum atomic E-state index is -0.463. The highest BCUT2D eigenvalue weighted by atomic mass is 32.2. The Bertz CT molecular complexity index is 844. The summed E-state index contributed by atoms with van der Waals surface area (Å²) in [6.45, 7) is 9.18. The highest BCUT2D eigenvalue weighted by Crippen LogP contribution is 2.25. The summed E-state index contributed by atoms with van der Waals surface area (Å²) >= 11 is 2.87. The summed E-state index contributed by atoms with van der Waals surface area (Å²) in [5.74, 6) is 0.426. The summed E-state index contributed by atoms with van der Waals surface area (Å²) in [5, 5.41) is 20.4. The summed E-state index contributed by atoms with van der Waals surface area (Å²) in [4.78, 5) is 12.4. The van der Waals surface area contributed by atoms with Crippen molar-refractivity contribution in [2.24, 2.45) is 0 Å². The van der Waals surface area contributed by atoms with E-state index < -0.39 is 5.91 Å². The first-order valence-corrected chi connectivity index (χ1v) is 10.4. The monoisotopic (exact) mass is 389 g/mol. The fraction of sp³-hybridized carbons (Fsp3) is 0.444. The van der Waals surface area contributed by atoms with E-state index in [0.717, 1.165) is 46.4 Å². The predicted molar refractivity (Wildman–Crippen MR) is 107 cm³/mol. The van der Waals surface area contributed by atoms with Crippen LogP contribution in [0.2, 0.25) is 0 Å². The van der Waals surface area contributed by atoms with Crippen LogP contribution in [0.4, 0.5) is 5.13 Å². The number of amides is 1. The van der Waals surface area contributed by atoms with Crippen LogP contribution in [-0.4, -0.2) is 26.4 Å². The molecule has 0 radical (unpaired) electrons.